The van der Waals surface area contributed by atoms with Crippen molar-refractivity contribution in [2.24, 2.45) is 0 Å². The first-order valence-electron chi connectivity index (χ1n) is 6.33. The fourth-order valence-electron chi connectivity index (χ4n) is 1.87. The van der Waals surface area contributed by atoms with E-state index in [4.69, 9.17) is 4.43 Å². The number of aryl methyl sites for hydroxylation is 1. The molecule has 0 bridgehead atoms. The number of hydrogen-bond acceptors (Lipinski definition) is 1. The molecule has 0 saturated carbocycles. The molecule has 94 valence electrons. The van der Waals surface area contributed by atoms with Crippen LogP contribution in [0.5, 0.6) is 0 Å². The van der Waals surface area contributed by atoms with Gasteiger partial charge in [0.1, 0.15) is 0 Å². The lowest BCUT2D eigenvalue weighted by Gasteiger charge is -2.23. The van der Waals surface area contributed by atoms with Crippen LogP contribution in [0.2, 0.25) is 13.1 Å². The molecule has 18 heavy (non-hydrogen) atoms. The summed E-state index contributed by atoms with van der Waals surface area (Å²) in [5.74, 6) is 0. The maximum Gasteiger partial charge on any atom is 0.218 e. The van der Waals surface area contributed by atoms with Crippen LogP contribution < -0.4 is 5.19 Å². The zero-order chi connectivity index (χ0) is 13.0. The molecule has 0 fully saturated rings. The third-order valence-electron chi connectivity index (χ3n) is 3.19. The lowest BCUT2D eigenvalue weighted by molar-refractivity contribution is 0.304. The van der Waals surface area contributed by atoms with Crippen molar-refractivity contribution in [1.29, 1.82) is 0 Å². The monoisotopic (exact) mass is 256 g/mol. The van der Waals surface area contributed by atoms with Gasteiger partial charge in [-0.1, -0.05) is 60.2 Å². The maximum absolute atomic E-state index is 6.18. The van der Waals surface area contributed by atoms with Gasteiger partial charge >= 0.3 is 0 Å². The molecule has 0 unspecified atom stereocenters. The van der Waals surface area contributed by atoms with Crippen molar-refractivity contribution in [2.45, 2.75) is 26.6 Å². The molecule has 2 aromatic carbocycles. The van der Waals surface area contributed by atoms with Gasteiger partial charge < -0.3 is 4.43 Å². The Labute approximate surface area is 111 Å². The van der Waals surface area contributed by atoms with Crippen molar-refractivity contribution in [3.63, 3.8) is 0 Å². The van der Waals surface area contributed by atoms with Gasteiger partial charge in [-0.05, 0) is 30.8 Å². The lowest BCUT2D eigenvalue weighted by atomic mass is 10.2. The van der Waals surface area contributed by atoms with Crippen LogP contribution in [0.1, 0.15) is 11.1 Å². The molecular formula is C16H20OSi. The standard InChI is InChI=1S/C16H20OSi/c1-14-9-11-15(12-10-14)13-17-18(2,3)16-7-5-4-6-8-16/h4-12H,13H2,1-3H3. The maximum atomic E-state index is 6.18. The van der Waals surface area contributed by atoms with Crippen LogP contribution in [0.4, 0.5) is 0 Å². The first-order valence-corrected chi connectivity index (χ1v) is 9.24. The molecule has 0 atom stereocenters. The highest BCUT2D eigenvalue weighted by Crippen LogP contribution is 2.11. The van der Waals surface area contributed by atoms with Gasteiger partial charge in [0, 0.05) is 0 Å². The van der Waals surface area contributed by atoms with Crippen molar-refractivity contribution in [3.05, 3.63) is 65.7 Å². The summed E-state index contributed by atoms with van der Waals surface area (Å²) in [6, 6.07) is 19.1. The Morgan fingerprint density at radius 3 is 2.11 bits per heavy atom. The first-order chi connectivity index (χ1) is 8.58. The molecule has 2 heteroatoms. The Hall–Kier alpha value is -1.38. The predicted molar refractivity (Wildman–Crippen MR) is 79.5 cm³/mol. The van der Waals surface area contributed by atoms with E-state index in [0.29, 0.717) is 6.61 Å². The van der Waals surface area contributed by atoms with Gasteiger partial charge in [-0.3, -0.25) is 0 Å². The second-order valence-electron chi connectivity index (χ2n) is 5.15. The minimum absolute atomic E-state index is 0.703. The second kappa shape index (κ2) is 5.51. The number of benzene rings is 2. The smallest absolute Gasteiger partial charge is 0.218 e. The van der Waals surface area contributed by atoms with E-state index in [0.717, 1.165) is 0 Å². The van der Waals surface area contributed by atoms with E-state index in [9.17, 15) is 0 Å². The van der Waals surface area contributed by atoms with Crippen LogP contribution in [0.15, 0.2) is 54.6 Å². The Balaban J connectivity index is 2.03. The summed E-state index contributed by atoms with van der Waals surface area (Å²) in [6.07, 6.45) is 0. The Morgan fingerprint density at radius 2 is 1.50 bits per heavy atom. The Morgan fingerprint density at radius 1 is 0.889 bits per heavy atom. The summed E-state index contributed by atoms with van der Waals surface area (Å²) >= 11 is 0. The van der Waals surface area contributed by atoms with E-state index in [1.165, 1.54) is 16.3 Å². The average Bonchev–Trinajstić information content (AvgIpc) is 2.39. The van der Waals surface area contributed by atoms with Crippen LogP contribution in [-0.4, -0.2) is 8.32 Å². The largest absolute Gasteiger partial charge is 0.409 e. The molecule has 2 aromatic rings. The van der Waals surface area contributed by atoms with E-state index in [2.05, 4.69) is 68.5 Å². The quantitative estimate of drug-likeness (QED) is 0.759. The van der Waals surface area contributed by atoms with Crippen molar-refractivity contribution < 1.29 is 4.43 Å². The SMILES string of the molecule is Cc1ccc(CO[Si](C)(C)c2ccccc2)cc1. The van der Waals surface area contributed by atoms with Gasteiger partial charge in [0.2, 0.25) is 8.32 Å². The van der Waals surface area contributed by atoms with E-state index in [1.54, 1.807) is 0 Å². The first kappa shape index (κ1) is 13.1. The molecule has 0 aromatic heterocycles. The van der Waals surface area contributed by atoms with Crippen LogP contribution in [-0.2, 0) is 11.0 Å². The predicted octanol–water partition coefficient (Wildman–Crippen LogP) is 3.62. The third kappa shape index (κ3) is 3.31. The lowest BCUT2D eigenvalue weighted by Crippen LogP contribution is -2.44. The molecule has 0 aliphatic heterocycles. The summed E-state index contributed by atoms with van der Waals surface area (Å²) in [5, 5.41) is 1.34. The third-order valence-corrected chi connectivity index (χ3v) is 5.78. The summed E-state index contributed by atoms with van der Waals surface area (Å²) in [6.45, 7) is 7.30. The molecule has 0 amide bonds. The second-order valence-corrected chi connectivity index (χ2v) is 9.04. The van der Waals surface area contributed by atoms with Crippen molar-refractivity contribution >= 4 is 13.5 Å². The zero-order valence-corrected chi connectivity index (χ0v) is 12.3. The van der Waals surface area contributed by atoms with E-state index >= 15 is 0 Å². The van der Waals surface area contributed by atoms with E-state index in [1.807, 2.05) is 6.07 Å². The van der Waals surface area contributed by atoms with Crippen molar-refractivity contribution in [1.82, 2.24) is 0 Å². The Bertz CT molecular complexity index is 488. The van der Waals surface area contributed by atoms with Crippen molar-refractivity contribution in [3.8, 4) is 0 Å². The fraction of sp³-hybridized carbons (Fsp3) is 0.250. The van der Waals surface area contributed by atoms with E-state index < -0.39 is 8.32 Å². The molecule has 0 aliphatic carbocycles. The van der Waals surface area contributed by atoms with Crippen LogP contribution in [0.25, 0.3) is 0 Å². The van der Waals surface area contributed by atoms with Gasteiger partial charge in [-0.2, -0.15) is 0 Å². The van der Waals surface area contributed by atoms with Gasteiger partial charge in [-0.25, -0.2) is 0 Å². The van der Waals surface area contributed by atoms with E-state index in [-0.39, 0.29) is 0 Å². The van der Waals surface area contributed by atoms with Crippen LogP contribution >= 0.6 is 0 Å². The molecule has 0 aliphatic rings. The minimum Gasteiger partial charge on any atom is -0.409 e. The summed E-state index contributed by atoms with van der Waals surface area (Å²) in [4.78, 5) is 0. The molecule has 0 radical (unpaired) electrons. The molecular weight excluding hydrogens is 236 g/mol. The molecule has 0 N–H and O–H groups in total. The average molecular weight is 256 g/mol. The molecule has 0 spiro atoms. The number of rotatable bonds is 4. The van der Waals surface area contributed by atoms with Gasteiger partial charge in [0.05, 0.1) is 6.61 Å². The van der Waals surface area contributed by atoms with Gasteiger partial charge in [-0.15, -0.1) is 0 Å². The normalized spacial score (nSPS) is 11.5. The Kier molecular flexibility index (Phi) is 3.99. The summed E-state index contributed by atoms with van der Waals surface area (Å²) < 4.78 is 6.18. The van der Waals surface area contributed by atoms with Crippen molar-refractivity contribution in [2.75, 3.05) is 0 Å². The highest BCUT2D eigenvalue weighted by Gasteiger charge is 2.24. The zero-order valence-electron chi connectivity index (χ0n) is 11.3. The topological polar surface area (TPSA) is 9.23 Å². The van der Waals surface area contributed by atoms with Gasteiger partial charge in [0.25, 0.3) is 0 Å². The summed E-state index contributed by atoms with van der Waals surface area (Å²) in [5.41, 5.74) is 2.54. The highest BCUT2D eigenvalue weighted by atomic mass is 28.4. The molecule has 1 nitrogen and oxygen atoms in total. The highest BCUT2D eigenvalue weighted by molar-refractivity contribution is 6.84. The summed E-state index contributed by atoms with van der Waals surface area (Å²) in [7, 11) is -1.78. The molecule has 0 saturated heterocycles. The fourth-order valence-corrected chi connectivity index (χ4v) is 3.56. The number of hydrogen-bond donors (Lipinski definition) is 0. The van der Waals surface area contributed by atoms with Crippen LogP contribution in [0, 0.1) is 6.92 Å². The van der Waals surface area contributed by atoms with Crippen LogP contribution in [0.3, 0.4) is 0 Å². The van der Waals surface area contributed by atoms with Gasteiger partial charge in [0.15, 0.2) is 0 Å². The molecule has 2 rings (SSSR count). The molecule has 0 heterocycles. The minimum atomic E-state index is -1.78.